The summed E-state index contributed by atoms with van der Waals surface area (Å²) in [5, 5.41) is 0.226. The Morgan fingerprint density at radius 3 is 1.03 bits per heavy atom. The maximum Gasteiger partial charge on any atom is 0.192 e. The number of ether oxygens (including phenoxy) is 8. The fraction of sp³-hybridized carbons (Fsp3) is 1.00. The van der Waals surface area contributed by atoms with Gasteiger partial charge in [-0.15, -0.1) is 0 Å². The average Bonchev–Trinajstić information content (AvgIpc) is 2.85. The Hall–Kier alpha value is -0.143. The van der Waals surface area contributed by atoms with E-state index < -0.39 is 8.32 Å². The van der Waals surface area contributed by atoms with E-state index in [0.29, 0.717) is 112 Å². The quantitative estimate of drug-likeness (QED) is 0.104. The number of hydrogen-bond acceptors (Lipinski definition) is 9. The monoisotopic (exact) mass is 554 g/mol. The van der Waals surface area contributed by atoms with Crippen molar-refractivity contribution in [2.24, 2.45) is 5.92 Å². The second-order valence-corrected chi connectivity index (χ2v) is 15.3. The van der Waals surface area contributed by atoms with Gasteiger partial charge in [0.1, 0.15) is 0 Å². The molecule has 0 saturated heterocycles. The van der Waals surface area contributed by atoms with Crippen LogP contribution >= 0.6 is 0 Å². The second kappa shape index (κ2) is 24.9. The fourth-order valence-electron chi connectivity index (χ4n) is 2.51. The van der Waals surface area contributed by atoms with E-state index in [9.17, 15) is 0 Å². The van der Waals surface area contributed by atoms with Gasteiger partial charge < -0.3 is 42.3 Å². The summed E-state index contributed by atoms with van der Waals surface area (Å²) in [7, 11) is -1.68. The zero-order chi connectivity index (χ0) is 27.7. The van der Waals surface area contributed by atoms with Gasteiger partial charge in [0.25, 0.3) is 0 Å². The smallest absolute Gasteiger partial charge is 0.192 e. The Bertz CT molecular complexity index is 475. The molecule has 0 spiro atoms. The van der Waals surface area contributed by atoms with Gasteiger partial charge in [0, 0.05) is 6.61 Å². The van der Waals surface area contributed by atoms with Crippen molar-refractivity contribution >= 4 is 8.32 Å². The summed E-state index contributed by atoms with van der Waals surface area (Å²) in [4.78, 5) is 0. The molecule has 10 heteroatoms. The highest BCUT2D eigenvalue weighted by Gasteiger charge is 2.36. The van der Waals surface area contributed by atoms with E-state index in [4.69, 9.17) is 42.3 Å². The first kappa shape index (κ1) is 36.9. The summed E-state index contributed by atoms with van der Waals surface area (Å²) in [6.45, 7) is 25.4. The molecular weight excluding hydrogens is 496 g/mol. The predicted molar refractivity (Wildman–Crippen MR) is 149 cm³/mol. The lowest BCUT2D eigenvalue weighted by molar-refractivity contribution is -0.0243. The summed E-state index contributed by atoms with van der Waals surface area (Å²) in [5.74, 6) is 0.604. The molecule has 0 bridgehead atoms. The molecule has 0 N–H and O–H groups in total. The van der Waals surface area contributed by atoms with Crippen molar-refractivity contribution in [3.05, 3.63) is 0 Å². The van der Waals surface area contributed by atoms with E-state index in [-0.39, 0.29) is 5.04 Å². The molecule has 0 aliphatic carbocycles. The van der Waals surface area contributed by atoms with Crippen LogP contribution < -0.4 is 0 Å². The molecule has 0 aliphatic rings. The number of hydrogen-bond donors (Lipinski definition) is 0. The van der Waals surface area contributed by atoms with Gasteiger partial charge in [-0.1, -0.05) is 41.0 Å². The van der Waals surface area contributed by atoms with E-state index in [1.54, 1.807) is 0 Å². The molecule has 0 heterocycles. The zero-order valence-corrected chi connectivity index (χ0v) is 26.0. The van der Waals surface area contributed by atoms with Crippen LogP contribution in [0.5, 0.6) is 0 Å². The van der Waals surface area contributed by atoms with Crippen molar-refractivity contribution in [2.45, 2.75) is 59.2 Å². The van der Waals surface area contributed by atoms with Crippen molar-refractivity contribution in [1.82, 2.24) is 0 Å². The van der Waals surface area contributed by atoms with Crippen molar-refractivity contribution in [2.75, 3.05) is 112 Å². The van der Waals surface area contributed by atoms with Crippen LogP contribution in [0.25, 0.3) is 0 Å². The first-order valence-corrected chi connectivity index (χ1v) is 16.9. The first-order valence-electron chi connectivity index (χ1n) is 14.0. The van der Waals surface area contributed by atoms with Gasteiger partial charge in [-0.05, 0) is 24.1 Å². The summed E-state index contributed by atoms with van der Waals surface area (Å²) in [6.07, 6.45) is 1.14. The molecule has 9 nitrogen and oxygen atoms in total. The van der Waals surface area contributed by atoms with E-state index in [2.05, 4.69) is 47.7 Å². The van der Waals surface area contributed by atoms with Crippen LogP contribution in [0.2, 0.25) is 18.1 Å². The van der Waals surface area contributed by atoms with Crippen LogP contribution in [0.3, 0.4) is 0 Å². The van der Waals surface area contributed by atoms with Gasteiger partial charge in [0.15, 0.2) is 8.32 Å². The second-order valence-electron chi connectivity index (χ2n) is 10.5. The Balaban J connectivity index is 3.15. The Morgan fingerprint density at radius 2 is 0.757 bits per heavy atom. The van der Waals surface area contributed by atoms with Crippen molar-refractivity contribution < 1.29 is 42.3 Å². The SMILES string of the molecule is CCC(C)COCCOCCOCCOCCOCCOCCOCCOCCO[Si](C)(C)C(C)(C)C. The lowest BCUT2D eigenvalue weighted by atomic mass is 10.1. The minimum Gasteiger partial charge on any atom is -0.414 e. The summed E-state index contributed by atoms with van der Waals surface area (Å²) >= 11 is 0. The van der Waals surface area contributed by atoms with E-state index in [0.717, 1.165) is 13.0 Å². The lowest BCUT2D eigenvalue weighted by Crippen LogP contribution is -2.41. The highest BCUT2D eigenvalue weighted by molar-refractivity contribution is 6.74. The van der Waals surface area contributed by atoms with Crippen LogP contribution in [0.1, 0.15) is 41.0 Å². The minimum atomic E-state index is -1.68. The van der Waals surface area contributed by atoms with Crippen molar-refractivity contribution in [1.29, 1.82) is 0 Å². The molecule has 0 saturated carbocycles. The van der Waals surface area contributed by atoms with Gasteiger partial charge in [-0.2, -0.15) is 0 Å². The van der Waals surface area contributed by atoms with Gasteiger partial charge in [-0.25, -0.2) is 0 Å². The Morgan fingerprint density at radius 1 is 0.486 bits per heavy atom. The standard InChI is InChI=1S/C27H58O9Si/c1-8-26(2)25-35-22-21-33-18-17-31-14-13-29-10-9-28-11-12-30-15-16-32-19-20-34-23-24-36-37(6,7)27(3,4)5/h26H,8-25H2,1-7H3. The first-order chi connectivity index (χ1) is 17.7. The van der Waals surface area contributed by atoms with Gasteiger partial charge in [-0.3, -0.25) is 0 Å². The van der Waals surface area contributed by atoms with Crippen LogP contribution in [-0.4, -0.2) is 121 Å². The van der Waals surface area contributed by atoms with E-state index >= 15 is 0 Å². The highest BCUT2D eigenvalue weighted by Crippen LogP contribution is 2.36. The molecule has 0 aromatic rings. The molecule has 0 rings (SSSR count). The topological polar surface area (TPSA) is 83.1 Å². The van der Waals surface area contributed by atoms with E-state index in [1.807, 2.05) is 0 Å². The third-order valence-corrected chi connectivity index (χ3v) is 10.7. The molecule has 1 unspecified atom stereocenters. The third kappa shape index (κ3) is 24.6. The van der Waals surface area contributed by atoms with Gasteiger partial charge in [0.2, 0.25) is 0 Å². The predicted octanol–water partition coefficient (Wildman–Crippen LogP) is 4.19. The van der Waals surface area contributed by atoms with Crippen molar-refractivity contribution in [3.63, 3.8) is 0 Å². The summed E-state index contributed by atoms with van der Waals surface area (Å²) < 4.78 is 50.1. The van der Waals surface area contributed by atoms with Crippen LogP contribution in [0.15, 0.2) is 0 Å². The van der Waals surface area contributed by atoms with Crippen molar-refractivity contribution in [3.8, 4) is 0 Å². The third-order valence-electron chi connectivity index (χ3n) is 6.20. The molecule has 0 aromatic heterocycles. The van der Waals surface area contributed by atoms with Crippen LogP contribution in [0.4, 0.5) is 0 Å². The van der Waals surface area contributed by atoms with Gasteiger partial charge >= 0.3 is 0 Å². The minimum absolute atomic E-state index is 0.226. The zero-order valence-electron chi connectivity index (χ0n) is 25.0. The molecular formula is C27H58O9Si. The summed E-state index contributed by atoms with van der Waals surface area (Å²) in [6, 6.07) is 0. The Kier molecular flexibility index (Phi) is 24.8. The van der Waals surface area contributed by atoms with Crippen LogP contribution in [-0.2, 0) is 42.3 Å². The maximum atomic E-state index is 6.07. The highest BCUT2D eigenvalue weighted by atomic mass is 28.4. The molecule has 0 fully saturated rings. The van der Waals surface area contributed by atoms with E-state index in [1.165, 1.54) is 0 Å². The summed E-state index contributed by atoms with van der Waals surface area (Å²) in [5.41, 5.74) is 0. The molecule has 0 aliphatic heterocycles. The average molecular weight is 555 g/mol. The molecule has 0 aromatic carbocycles. The fourth-order valence-corrected chi connectivity index (χ4v) is 3.54. The molecule has 0 radical (unpaired) electrons. The molecule has 1 atom stereocenters. The van der Waals surface area contributed by atoms with Crippen LogP contribution in [0, 0.1) is 5.92 Å². The molecule has 224 valence electrons. The largest absolute Gasteiger partial charge is 0.414 e. The number of rotatable bonds is 28. The molecule has 0 amide bonds. The Labute approximate surface area is 228 Å². The molecule has 37 heavy (non-hydrogen) atoms. The van der Waals surface area contributed by atoms with Gasteiger partial charge in [0.05, 0.1) is 106 Å². The maximum absolute atomic E-state index is 6.07. The lowest BCUT2D eigenvalue weighted by Gasteiger charge is -2.36. The normalized spacial score (nSPS) is 13.4.